The SMILES string of the molecule is COCCN(CCOC)C1=C(c2ccc(C)cc2)C(=O)N(c2cccc(C)c2)C1=O. The predicted molar refractivity (Wildman–Crippen MR) is 117 cm³/mol. The van der Waals surface area contributed by atoms with E-state index in [1.807, 2.05) is 61.2 Å². The standard InChI is InChI=1S/C24H28N2O4/c1-17-8-10-19(11-9-17)21-22(25(12-14-29-3)13-15-30-4)24(28)26(23(21)27)20-7-5-6-18(2)16-20/h5-11,16H,12-15H2,1-4H3. The lowest BCUT2D eigenvalue weighted by atomic mass is 10.0. The second-order valence-corrected chi connectivity index (χ2v) is 7.35. The topological polar surface area (TPSA) is 59.1 Å². The van der Waals surface area contributed by atoms with E-state index in [2.05, 4.69) is 0 Å². The first-order valence-corrected chi connectivity index (χ1v) is 9.97. The van der Waals surface area contributed by atoms with Gasteiger partial charge in [0.2, 0.25) is 0 Å². The molecule has 0 N–H and O–H groups in total. The van der Waals surface area contributed by atoms with Gasteiger partial charge in [-0.3, -0.25) is 9.59 Å². The normalized spacial score (nSPS) is 14.1. The molecule has 6 heteroatoms. The van der Waals surface area contributed by atoms with E-state index in [9.17, 15) is 9.59 Å². The van der Waals surface area contributed by atoms with Crippen LogP contribution in [0.4, 0.5) is 5.69 Å². The van der Waals surface area contributed by atoms with Gasteiger partial charge in [-0.2, -0.15) is 0 Å². The average Bonchev–Trinajstić information content (AvgIpc) is 2.99. The molecule has 3 rings (SSSR count). The lowest BCUT2D eigenvalue weighted by Gasteiger charge is -2.25. The Bertz CT molecular complexity index is 942. The van der Waals surface area contributed by atoms with Gasteiger partial charge >= 0.3 is 0 Å². The van der Waals surface area contributed by atoms with Crippen LogP contribution < -0.4 is 4.90 Å². The molecule has 0 spiro atoms. The first kappa shape index (κ1) is 21.7. The van der Waals surface area contributed by atoms with Crippen LogP contribution in [0.2, 0.25) is 0 Å². The van der Waals surface area contributed by atoms with Gasteiger partial charge in [-0.15, -0.1) is 0 Å². The largest absolute Gasteiger partial charge is 0.383 e. The van der Waals surface area contributed by atoms with Crippen LogP contribution in [-0.4, -0.2) is 57.2 Å². The smallest absolute Gasteiger partial charge is 0.282 e. The highest BCUT2D eigenvalue weighted by Crippen LogP contribution is 2.35. The van der Waals surface area contributed by atoms with Crippen molar-refractivity contribution in [3.8, 4) is 0 Å². The number of amides is 2. The van der Waals surface area contributed by atoms with Gasteiger partial charge < -0.3 is 14.4 Å². The van der Waals surface area contributed by atoms with Gasteiger partial charge in [0.15, 0.2) is 0 Å². The lowest BCUT2D eigenvalue weighted by Crippen LogP contribution is -2.37. The van der Waals surface area contributed by atoms with Crippen LogP contribution >= 0.6 is 0 Å². The Morgan fingerprint density at radius 3 is 2.03 bits per heavy atom. The van der Waals surface area contributed by atoms with E-state index in [1.165, 1.54) is 4.90 Å². The summed E-state index contributed by atoms with van der Waals surface area (Å²) in [4.78, 5) is 30.3. The quantitative estimate of drug-likeness (QED) is 0.597. The monoisotopic (exact) mass is 408 g/mol. The second kappa shape index (κ2) is 9.69. The molecule has 0 atom stereocenters. The molecule has 158 valence electrons. The molecule has 30 heavy (non-hydrogen) atoms. The van der Waals surface area contributed by atoms with E-state index in [0.717, 1.165) is 16.7 Å². The first-order chi connectivity index (χ1) is 14.5. The number of rotatable bonds is 9. The van der Waals surface area contributed by atoms with Gasteiger partial charge in [-0.1, -0.05) is 42.0 Å². The third-order valence-electron chi connectivity index (χ3n) is 5.11. The Balaban J connectivity index is 2.12. The summed E-state index contributed by atoms with van der Waals surface area (Å²) in [6.07, 6.45) is 0. The number of nitrogens with zero attached hydrogens (tertiary/aromatic N) is 2. The molecule has 2 aromatic rings. The number of ether oxygens (including phenoxy) is 2. The maximum atomic E-state index is 13.6. The number of aryl methyl sites for hydroxylation is 2. The maximum absolute atomic E-state index is 13.6. The molecule has 0 aromatic heterocycles. The molecule has 0 aliphatic carbocycles. The van der Waals surface area contributed by atoms with Gasteiger partial charge in [0, 0.05) is 27.3 Å². The molecule has 0 saturated carbocycles. The summed E-state index contributed by atoms with van der Waals surface area (Å²) >= 11 is 0. The van der Waals surface area contributed by atoms with Crippen molar-refractivity contribution in [3.05, 3.63) is 70.9 Å². The number of hydrogen-bond donors (Lipinski definition) is 0. The van der Waals surface area contributed by atoms with Crippen LogP contribution in [0.1, 0.15) is 16.7 Å². The molecule has 0 saturated heterocycles. The predicted octanol–water partition coefficient (Wildman–Crippen LogP) is 3.18. The zero-order valence-electron chi connectivity index (χ0n) is 18.0. The number of anilines is 1. The van der Waals surface area contributed by atoms with E-state index in [0.29, 0.717) is 43.3 Å². The van der Waals surface area contributed by atoms with Gasteiger partial charge in [0.25, 0.3) is 11.8 Å². The van der Waals surface area contributed by atoms with Crippen molar-refractivity contribution in [3.63, 3.8) is 0 Å². The van der Waals surface area contributed by atoms with Crippen molar-refractivity contribution in [1.29, 1.82) is 0 Å². The average molecular weight is 408 g/mol. The minimum Gasteiger partial charge on any atom is -0.383 e. The fraction of sp³-hybridized carbons (Fsp3) is 0.333. The number of hydrogen-bond acceptors (Lipinski definition) is 5. The van der Waals surface area contributed by atoms with Gasteiger partial charge in [0.05, 0.1) is 24.5 Å². The summed E-state index contributed by atoms with van der Waals surface area (Å²) in [5, 5.41) is 0. The highest BCUT2D eigenvalue weighted by molar-refractivity contribution is 6.45. The van der Waals surface area contributed by atoms with E-state index >= 15 is 0 Å². The zero-order valence-corrected chi connectivity index (χ0v) is 18.0. The van der Waals surface area contributed by atoms with Gasteiger partial charge in [-0.25, -0.2) is 4.90 Å². The third-order valence-corrected chi connectivity index (χ3v) is 5.11. The van der Waals surface area contributed by atoms with Crippen LogP contribution in [0, 0.1) is 13.8 Å². The maximum Gasteiger partial charge on any atom is 0.282 e. The second-order valence-electron chi connectivity index (χ2n) is 7.35. The molecular formula is C24H28N2O4. The Hall–Kier alpha value is -2.96. The van der Waals surface area contributed by atoms with Crippen LogP contribution in [0.25, 0.3) is 5.57 Å². The lowest BCUT2D eigenvalue weighted by molar-refractivity contribution is -0.120. The molecule has 1 aliphatic heterocycles. The molecule has 1 aliphatic rings. The molecule has 0 unspecified atom stereocenters. The van der Waals surface area contributed by atoms with Gasteiger partial charge in [0.1, 0.15) is 5.70 Å². The number of carbonyl (C=O) groups excluding carboxylic acids is 2. The number of imide groups is 1. The molecule has 6 nitrogen and oxygen atoms in total. The highest BCUT2D eigenvalue weighted by Gasteiger charge is 2.42. The molecule has 0 fully saturated rings. The summed E-state index contributed by atoms with van der Waals surface area (Å²) in [6.45, 7) is 5.74. The number of methoxy groups -OCH3 is 2. The fourth-order valence-corrected chi connectivity index (χ4v) is 3.53. The Kier molecular flexibility index (Phi) is 7.03. The summed E-state index contributed by atoms with van der Waals surface area (Å²) in [7, 11) is 3.23. The molecular weight excluding hydrogens is 380 g/mol. The van der Waals surface area contributed by atoms with Crippen molar-refractivity contribution in [2.45, 2.75) is 13.8 Å². The summed E-state index contributed by atoms with van der Waals surface area (Å²) in [6, 6.07) is 15.1. The van der Waals surface area contributed by atoms with Crippen molar-refractivity contribution in [2.24, 2.45) is 0 Å². The Morgan fingerprint density at radius 2 is 1.47 bits per heavy atom. The first-order valence-electron chi connectivity index (χ1n) is 9.97. The van der Waals surface area contributed by atoms with Crippen molar-refractivity contribution < 1.29 is 19.1 Å². The number of carbonyl (C=O) groups is 2. The van der Waals surface area contributed by atoms with Crippen LogP contribution in [-0.2, 0) is 19.1 Å². The van der Waals surface area contributed by atoms with Crippen LogP contribution in [0.15, 0.2) is 54.2 Å². The minimum absolute atomic E-state index is 0.315. The summed E-state index contributed by atoms with van der Waals surface area (Å²) < 4.78 is 10.5. The van der Waals surface area contributed by atoms with Crippen LogP contribution in [0.5, 0.6) is 0 Å². The van der Waals surface area contributed by atoms with E-state index in [-0.39, 0.29) is 11.8 Å². The van der Waals surface area contributed by atoms with E-state index < -0.39 is 0 Å². The Morgan fingerprint density at radius 1 is 0.833 bits per heavy atom. The highest BCUT2D eigenvalue weighted by atomic mass is 16.5. The summed E-state index contributed by atoms with van der Waals surface area (Å²) in [5.74, 6) is -0.641. The van der Waals surface area contributed by atoms with Gasteiger partial charge in [-0.05, 0) is 37.1 Å². The molecule has 0 radical (unpaired) electrons. The fourth-order valence-electron chi connectivity index (χ4n) is 3.53. The van der Waals surface area contributed by atoms with Crippen molar-refractivity contribution >= 4 is 23.1 Å². The van der Waals surface area contributed by atoms with Crippen LogP contribution in [0.3, 0.4) is 0 Å². The van der Waals surface area contributed by atoms with E-state index in [1.54, 1.807) is 20.3 Å². The molecule has 0 bridgehead atoms. The third kappa shape index (κ3) is 4.45. The number of benzene rings is 2. The van der Waals surface area contributed by atoms with E-state index in [4.69, 9.17) is 9.47 Å². The minimum atomic E-state index is -0.326. The van der Waals surface area contributed by atoms with Crippen molar-refractivity contribution in [1.82, 2.24) is 4.90 Å². The molecule has 2 aromatic carbocycles. The molecule has 1 heterocycles. The van der Waals surface area contributed by atoms with Crippen molar-refractivity contribution in [2.75, 3.05) is 45.4 Å². The molecule has 2 amide bonds. The summed E-state index contributed by atoms with van der Waals surface area (Å²) in [5.41, 5.74) is 4.16. The Labute approximate surface area is 177 Å². The zero-order chi connectivity index (χ0) is 21.7.